The van der Waals surface area contributed by atoms with E-state index < -0.39 is 0 Å². The zero-order valence-corrected chi connectivity index (χ0v) is 6.98. The molecule has 0 amide bonds. The minimum atomic E-state index is 0.644. The molecule has 1 nitrogen and oxygen atoms in total. The van der Waals surface area contributed by atoms with E-state index in [1.165, 1.54) is 16.9 Å². The summed E-state index contributed by atoms with van der Waals surface area (Å²) in [5, 5.41) is 0. The minimum Gasteiger partial charge on any atom is -0.253 e. The fourth-order valence-corrected chi connectivity index (χ4v) is 1.77. The van der Waals surface area contributed by atoms with E-state index in [1.54, 1.807) is 0 Å². The molecular formula is C8H6BNS. The molecule has 0 spiro atoms. The lowest BCUT2D eigenvalue weighted by Crippen LogP contribution is -1.96. The number of benzene rings is 1. The van der Waals surface area contributed by atoms with Crippen LogP contribution in [0, 0.1) is 6.92 Å². The summed E-state index contributed by atoms with van der Waals surface area (Å²) >= 11 is 1.53. The second-order valence-electron chi connectivity index (χ2n) is 2.52. The second-order valence-corrected chi connectivity index (χ2v) is 3.59. The van der Waals surface area contributed by atoms with Crippen LogP contribution in [0.3, 0.4) is 0 Å². The Morgan fingerprint density at radius 1 is 1.45 bits per heavy atom. The smallest absolute Gasteiger partial charge is 0.157 e. The van der Waals surface area contributed by atoms with Gasteiger partial charge in [0.2, 0.25) is 0 Å². The van der Waals surface area contributed by atoms with Crippen LogP contribution >= 0.6 is 11.3 Å². The number of fused-ring (bicyclic) bond motifs is 1. The molecule has 2 aromatic rings. The summed E-state index contributed by atoms with van der Waals surface area (Å²) in [6.45, 7) is 2.05. The molecule has 0 atom stereocenters. The Morgan fingerprint density at radius 3 is 3.09 bits per heavy atom. The Bertz CT molecular complexity index is 394. The van der Waals surface area contributed by atoms with Gasteiger partial charge in [-0.15, -0.1) is 11.3 Å². The standard InChI is InChI=1S/C8H6BNS/c1-5-2-3-7-6(4-5)10-8(9)11-7/h2-4H,1H3. The maximum atomic E-state index is 5.55. The first-order valence-corrected chi connectivity index (χ1v) is 4.20. The van der Waals surface area contributed by atoms with Gasteiger partial charge in [-0.05, 0) is 24.6 Å². The molecule has 0 fully saturated rings. The van der Waals surface area contributed by atoms with E-state index in [9.17, 15) is 0 Å². The first-order chi connectivity index (χ1) is 5.25. The van der Waals surface area contributed by atoms with Crippen molar-refractivity contribution in [3.05, 3.63) is 23.8 Å². The Labute approximate surface area is 70.5 Å². The molecule has 0 aliphatic rings. The number of hydrogen-bond acceptors (Lipinski definition) is 2. The third-order valence-corrected chi connectivity index (χ3v) is 2.43. The third-order valence-electron chi connectivity index (χ3n) is 1.56. The van der Waals surface area contributed by atoms with Crippen molar-refractivity contribution in [2.75, 3.05) is 0 Å². The number of rotatable bonds is 0. The van der Waals surface area contributed by atoms with Crippen molar-refractivity contribution in [3.63, 3.8) is 0 Å². The first-order valence-electron chi connectivity index (χ1n) is 3.38. The van der Waals surface area contributed by atoms with Crippen LogP contribution in [-0.4, -0.2) is 12.8 Å². The number of thiazole rings is 1. The molecule has 0 bridgehead atoms. The van der Waals surface area contributed by atoms with E-state index in [4.69, 9.17) is 7.85 Å². The number of aromatic nitrogens is 1. The minimum absolute atomic E-state index is 0.644. The molecular weight excluding hydrogens is 153 g/mol. The van der Waals surface area contributed by atoms with Crippen molar-refractivity contribution in [2.45, 2.75) is 6.92 Å². The van der Waals surface area contributed by atoms with Crippen LogP contribution in [-0.2, 0) is 0 Å². The fourth-order valence-electron chi connectivity index (χ4n) is 1.06. The van der Waals surface area contributed by atoms with Gasteiger partial charge in [-0.25, -0.2) is 0 Å². The Kier molecular flexibility index (Phi) is 1.46. The summed E-state index contributed by atoms with van der Waals surface area (Å²) in [5.41, 5.74) is 2.23. The second kappa shape index (κ2) is 2.34. The van der Waals surface area contributed by atoms with Crippen molar-refractivity contribution in [1.82, 2.24) is 4.98 Å². The highest BCUT2D eigenvalue weighted by molar-refractivity contribution is 7.25. The SMILES string of the molecule is [B]c1nc2cc(C)ccc2s1. The molecule has 1 aromatic heterocycles. The maximum Gasteiger partial charge on any atom is 0.157 e. The summed E-state index contributed by atoms with van der Waals surface area (Å²) in [6.07, 6.45) is 0. The Hall–Kier alpha value is -0.825. The van der Waals surface area contributed by atoms with Gasteiger partial charge in [0.1, 0.15) is 0 Å². The number of nitrogens with zero attached hydrogens (tertiary/aromatic N) is 1. The van der Waals surface area contributed by atoms with Gasteiger partial charge in [0.15, 0.2) is 7.85 Å². The average Bonchev–Trinajstić information content (AvgIpc) is 2.27. The maximum absolute atomic E-state index is 5.55. The van der Waals surface area contributed by atoms with E-state index in [2.05, 4.69) is 24.0 Å². The fraction of sp³-hybridized carbons (Fsp3) is 0.125. The van der Waals surface area contributed by atoms with E-state index >= 15 is 0 Å². The van der Waals surface area contributed by atoms with Crippen molar-refractivity contribution in [1.29, 1.82) is 0 Å². The Balaban J connectivity index is 2.82. The van der Waals surface area contributed by atoms with Gasteiger partial charge < -0.3 is 0 Å². The zero-order chi connectivity index (χ0) is 7.84. The van der Waals surface area contributed by atoms with Gasteiger partial charge in [-0.2, -0.15) is 0 Å². The molecule has 0 aliphatic carbocycles. The average molecular weight is 159 g/mol. The normalized spacial score (nSPS) is 10.6. The van der Waals surface area contributed by atoms with Crippen LogP contribution in [0.1, 0.15) is 5.56 Å². The van der Waals surface area contributed by atoms with Crippen LogP contribution in [0.5, 0.6) is 0 Å². The summed E-state index contributed by atoms with van der Waals surface area (Å²) in [5.74, 6) is 0. The zero-order valence-electron chi connectivity index (χ0n) is 6.16. The molecule has 3 heteroatoms. The molecule has 1 aromatic carbocycles. The van der Waals surface area contributed by atoms with Gasteiger partial charge in [0.25, 0.3) is 0 Å². The van der Waals surface area contributed by atoms with Crippen molar-refractivity contribution >= 4 is 34.3 Å². The predicted octanol–water partition coefficient (Wildman–Crippen LogP) is 1.40. The van der Waals surface area contributed by atoms with Crippen LogP contribution in [0.15, 0.2) is 18.2 Å². The van der Waals surface area contributed by atoms with Crippen LogP contribution in [0.2, 0.25) is 0 Å². The highest BCUT2D eigenvalue weighted by Gasteiger charge is 1.97. The lowest BCUT2D eigenvalue weighted by atomic mass is 10.2. The van der Waals surface area contributed by atoms with Gasteiger partial charge in [-0.3, -0.25) is 4.98 Å². The molecule has 2 radical (unpaired) electrons. The molecule has 52 valence electrons. The summed E-state index contributed by atoms with van der Waals surface area (Å²) in [6, 6.07) is 6.17. The summed E-state index contributed by atoms with van der Waals surface area (Å²) in [7, 11) is 5.55. The summed E-state index contributed by atoms with van der Waals surface area (Å²) in [4.78, 5) is 4.81. The molecule has 0 saturated carbocycles. The van der Waals surface area contributed by atoms with Gasteiger partial charge in [0, 0.05) is 4.91 Å². The largest absolute Gasteiger partial charge is 0.253 e. The summed E-state index contributed by atoms with van der Waals surface area (Å²) < 4.78 is 1.16. The van der Waals surface area contributed by atoms with Gasteiger partial charge in [0.05, 0.1) is 10.2 Å². The van der Waals surface area contributed by atoms with Crippen LogP contribution < -0.4 is 4.91 Å². The van der Waals surface area contributed by atoms with Crippen LogP contribution in [0.25, 0.3) is 10.2 Å². The third kappa shape index (κ3) is 1.16. The molecule has 1 heterocycles. The van der Waals surface area contributed by atoms with E-state index in [1.807, 2.05) is 6.07 Å². The van der Waals surface area contributed by atoms with Crippen LogP contribution in [0.4, 0.5) is 0 Å². The van der Waals surface area contributed by atoms with E-state index in [-0.39, 0.29) is 0 Å². The molecule has 0 saturated heterocycles. The molecule has 2 rings (SSSR count). The molecule has 11 heavy (non-hydrogen) atoms. The van der Waals surface area contributed by atoms with Crippen molar-refractivity contribution in [2.24, 2.45) is 0 Å². The topological polar surface area (TPSA) is 12.9 Å². The molecule has 0 aliphatic heterocycles. The first kappa shape index (κ1) is 6.86. The van der Waals surface area contributed by atoms with E-state index in [0.717, 1.165) is 10.2 Å². The monoisotopic (exact) mass is 159 g/mol. The number of hydrogen-bond donors (Lipinski definition) is 0. The molecule has 0 unspecified atom stereocenters. The van der Waals surface area contributed by atoms with Crippen molar-refractivity contribution in [3.8, 4) is 0 Å². The predicted molar refractivity (Wildman–Crippen MR) is 49.7 cm³/mol. The van der Waals surface area contributed by atoms with E-state index in [0.29, 0.717) is 4.91 Å². The lowest BCUT2D eigenvalue weighted by Gasteiger charge is -1.88. The molecule has 0 N–H and O–H groups in total. The highest BCUT2D eigenvalue weighted by atomic mass is 32.1. The number of aryl methyl sites for hydroxylation is 1. The van der Waals surface area contributed by atoms with Gasteiger partial charge >= 0.3 is 0 Å². The van der Waals surface area contributed by atoms with Crippen molar-refractivity contribution < 1.29 is 0 Å². The quantitative estimate of drug-likeness (QED) is 0.529. The lowest BCUT2D eigenvalue weighted by molar-refractivity contribution is 1.47. The van der Waals surface area contributed by atoms with Gasteiger partial charge in [-0.1, -0.05) is 6.07 Å². The Morgan fingerprint density at radius 2 is 2.27 bits per heavy atom. The highest BCUT2D eigenvalue weighted by Crippen LogP contribution is 2.16.